The van der Waals surface area contributed by atoms with E-state index in [1.165, 1.54) is 14.6 Å². The van der Waals surface area contributed by atoms with Crippen molar-refractivity contribution in [3.05, 3.63) is 32.5 Å². The van der Waals surface area contributed by atoms with Crippen molar-refractivity contribution in [2.75, 3.05) is 5.32 Å². The fourth-order valence-electron chi connectivity index (χ4n) is 1.69. The van der Waals surface area contributed by atoms with E-state index < -0.39 is 0 Å². The third-order valence-electron chi connectivity index (χ3n) is 2.70. The molecule has 0 amide bonds. The van der Waals surface area contributed by atoms with Gasteiger partial charge < -0.3 is 5.32 Å². The maximum Gasteiger partial charge on any atom is 0.183 e. The van der Waals surface area contributed by atoms with Crippen LogP contribution < -0.4 is 5.32 Å². The number of thiophene rings is 1. The highest BCUT2D eigenvalue weighted by Crippen LogP contribution is 2.23. The van der Waals surface area contributed by atoms with Crippen molar-refractivity contribution in [2.24, 2.45) is 0 Å². The SMILES string of the molecule is Cc1ccc(CC(C)Nc2nc(C)c(C)s2)s1. The Bertz CT molecular complexity index is 480. The van der Waals surface area contributed by atoms with Gasteiger partial charge in [0.15, 0.2) is 5.13 Å². The minimum absolute atomic E-state index is 0.429. The Kier molecular flexibility index (Phi) is 3.84. The summed E-state index contributed by atoms with van der Waals surface area (Å²) in [7, 11) is 0. The molecule has 0 bridgehead atoms. The minimum atomic E-state index is 0.429. The summed E-state index contributed by atoms with van der Waals surface area (Å²) < 4.78 is 0. The zero-order valence-electron chi connectivity index (χ0n) is 10.7. The van der Waals surface area contributed by atoms with Crippen LogP contribution in [0.5, 0.6) is 0 Å². The molecule has 2 aromatic rings. The molecule has 1 unspecified atom stereocenters. The third kappa shape index (κ3) is 3.30. The van der Waals surface area contributed by atoms with Crippen molar-refractivity contribution in [3.8, 4) is 0 Å². The molecule has 0 aliphatic rings. The molecule has 1 N–H and O–H groups in total. The summed E-state index contributed by atoms with van der Waals surface area (Å²) in [6.07, 6.45) is 1.07. The quantitative estimate of drug-likeness (QED) is 0.898. The van der Waals surface area contributed by atoms with E-state index in [1.807, 2.05) is 11.3 Å². The molecule has 4 heteroatoms. The highest BCUT2D eigenvalue weighted by molar-refractivity contribution is 7.15. The molecule has 0 radical (unpaired) electrons. The lowest BCUT2D eigenvalue weighted by atomic mass is 10.2. The number of aryl methyl sites for hydroxylation is 3. The largest absolute Gasteiger partial charge is 0.359 e. The lowest BCUT2D eigenvalue weighted by Gasteiger charge is -2.11. The molecule has 2 nitrogen and oxygen atoms in total. The molecule has 0 saturated carbocycles. The number of nitrogens with zero attached hydrogens (tertiary/aromatic N) is 1. The van der Waals surface area contributed by atoms with Crippen LogP contribution in [-0.4, -0.2) is 11.0 Å². The van der Waals surface area contributed by atoms with Gasteiger partial charge in [-0.1, -0.05) is 0 Å². The molecule has 17 heavy (non-hydrogen) atoms. The van der Waals surface area contributed by atoms with Crippen molar-refractivity contribution >= 4 is 27.8 Å². The molecule has 2 heterocycles. The van der Waals surface area contributed by atoms with Crippen LogP contribution in [0.2, 0.25) is 0 Å². The van der Waals surface area contributed by atoms with E-state index in [1.54, 1.807) is 11.3 Å². The third-order valence-corrected chi connectivity index (χ3v) is 4.73. The zero-order chi connectivity index (χ0) is 12.4. The smallest absolute Gasteiger partial charge is 0.183 e. The molecule has 0 aliphatic carbocycles. The fraction of sp³-hybridized carbons (Fsp3) is 0.462. The highest BCUT2D eigenvalue weighted by atomic mass is 32.1. The monoisotopic (exact) mass is 266 g/mol. The Morgan fingerprint density at radius 3 is 2.53 bits per heavy atom. The summed E-state index contributed by atoms with van der Waals surface area (Å²) in [5, 5.41) is 4.52. The molecule has 92 valence electrons. The summed E-state index contributed by atoms with van der Waals surface area (Å²) in [6, 6.07) is 4.83. The van der Waals surface area contributed by atoms with Crippen molar-refractivity contribution in [2.45, 2.75) is 40.2 Å². The van der Waals surface area contributed by atoms with Crippen LogP contribution >= 0.6 is 22.7 Å². The maximum atomic E-state index is 4.51. The zero-order valence-corrected chi connectivity index (χ0v) is 12.3. The normalized spacial score (nSPS) is 12.7. The second-order valence-electron chi connectivity index (χ2n) is 4.42. The number of hydrogen-bond donors (Lipinski definition) is 1. The first-order valence-corrected chi connectivity index (χ1v) is 7.44. The van der Waals surface area contributed by atoms with Crippen LogP contribution in [-0.2, 0) is 6.42 Å². The Labute approximate surface area is 111 Å². The first-order valence-electron chi connectivity index (χ1n) is 5.80. The average molecular weight is 266 g/mol. The highest BCUT2D eigenvalue weighted by Gasteiger charge is 2.09. The lowest BCUT2D eigenvalue weighted by Crippen LogP contribution is -2.17. The van der Waals surface area contributed by atoms with Gasteiger partial charge in [0.2, 0.25) is 0 Å². The molecule has 0 aromatic carbocycles. The van der Waals surface area contributed by atoms with Gasteiger partial charge in [-0.2, -0.15) is 0 Å². The Morgan fingerprint density at radius 1 is 1.24 bits per heavy atom. The van der Waals surface area contributed by atoms with Gasteiger partial charge in [-0.25, -0.2) is 4.98 Å². The van der Waals surface area contributed by atoms with Crippen LogP contribution in [0.3, 0.4) is 0 Å². The van der Waals surface area contributed by atoms with Gasteiger partial charge in [-0.3, -0.25) is 0 Å². The molecule has 1 atom stereocenters. The number of aromatic nitrogens is 1. The topological polar surface area (TPSA) is 24.9 Å². The summed E-state index contributed by atoms with van der Waals surface area (Å²) in [5.74, 6) is 0. The Hall–Kier alpha value is -0.870. The fourth-order valence-corrected chi connectivity index (χ4v) is 3.64. The second kappa shape index (κ2) is 5.19. The Morgan fingerprint density at radius 2 is 2.00 bits per heavy atom. The summed E-state index contributed by atoms with van der Waals surface area (Å²) in [4.78, 5) is 8.63. The molecule has 0 fully saturated rings. The molecule has 0 saturated heterocycles. The first kappa shape index (κ1) is 12.6. The summed E-state index contributed by atoms with van der Waals surface area (Å²) in [5.41, 5.74) is 1.14. The standard InChI is InChI=1S/C13H18N2S2/c1-8(7-12-6-5-9(2)16-12)14-13-15-10(3)11(4)17-13/h5-6,8H,7H2,1-4H3,(H,14,15). The number of anilines is 1. The van der Waals surface area contributed by atoms with Crippen molar-refractivity contribution in [3.63, 3.8) is 0 Å². The van der Waals surface area contributed by atoms with E-state index in [-0.39, 0.29) is 0 Å². The van der Waals surface area contributed by atoms with Gasteiger partial charge >= 0.3 is 0 Å². The van der Waals surface area contributed by atoms with Gasteiger partial charge in [-0.05, 0) is 39.8 Å². The van der Waals surface area contributed by atoms with E-state index in [0.29, 0.717) is 6.04 Å². The van der Waals surface area contributed by atoms with Crippen LogP contribution in [0.15, 0.2) is 12.1 Å². The predicted octanol–water partition coefficient (Wildman–Crippen LogP) is 4.17. The first-order chi connectivity index (χ1) is 8.04. The predicted molar refractivity (Wildman–Crippen MR) is 77.4 cm³/mol. The van der Waals surface area contributed by atoms with E-state index >= 15 is 0 Å². The Balaban J connectivity index is 1.95. The number of rotatable bonds is 4. The molecule has 2 aromatic heterocycles. The lowest BCUT2D eigenvalue weighted by molar-refractivity contribution is 0.798. The van der Waals surface area contributed by atoms with Crippen LogP contribution in [0, 0.1) is 20.8 Å². The second-order valence-corrected chi connectivity index (χ2v) is 7.00. The number of thiazole rings is 1. The van der Waals surface area contributed by atoms with Crippen molar-refractivity contribution < 1.29 is 0 Å². The van der Waals surface area contributed by atoms with E-state index in [4.69, 9.17) is 0 Å². The van der Waals surface area contributed by atoms with Gasteiger partial charge in [0.05, 0.1) is 5.69 Å². The number of hydrogen-bond acceptors (Lipinski definition) is 4. The number of nitrogens with one attached hydrogen (secondary N) is 1. The average Bonchev–Trinajstić information content (AvgIpc) is 2.75. The summed E-state index contributed by atoms with van der Waals surface area (Å²) >= 11 is 3.62. The van der Waals surface area contributed by atoms with Gasteiger partial charge in [0.1, 0.15) is 0 Å². The van der Waals surface area contributed by atoms with Gasteiger partial charge in [0.25, 0.3) is 0 Å². The van der Waals surface area contributed by atoms with Crippen LogP contribution in [0.1, 0.15) is 27.2 Å². The molecule has 2 rings (SSSR count). The van der Waals surface area contributed by atoms with E-state index in [0.717, 1.165) is 17.2 Å². The molecule has 0 spiro atoms. The van der Waals surface area contributed by atoms with Crippen molar-refractivity contribution in [1.82, 2.24) is 4.98 Å². The van der Waals surface area contributed by atoms with Crippen LogP contribution in [0.4, 0.5) is 5.13 Å². The summed E-state index contributed by atoms with van der Waals surface area (Å²) in [6.45, 7) is 8.54. The molecule has 0 aliphatic heterocycles. The molecular formula is C13H18N2S2. The van der Waals surface area contributed by atoms with Gasteiger partial charge in [-0.15, -0.1) is 22.7 Å². The van der Waals surface area contributed by atoms with Crippen LogP contribution in [0.25, 0.3) is 0 Å². The van der Waals surface area contributed by atoms with Gasteiger partial charge in [0, 0.05) is 27.1 Å². The minimum Gasteiger partial charge on any atom is -0.359 e. The van der Waals surface area contributed by atoms with Crippen molar-refractivity contribution in [1.29, 1.82) is 0 Å². The van der Waals surface area contributed by atoms with E-state index in [2.05, 4.69) is 50.1 Å². The van der Waals surface area contributed by atoms with E-state index in [9.17, 15) is 0 Å². The molecular weight excluding hydrogens is 248 g/mol. The maximum absolute atomic E-state index is 4.51.